The molecule has 1 aromatic rings. The SMILES string of the molecule is CN(C)[C@@H]1C(=O)C(C(N)=O)=C(O)[C@@]2(O)C(=O)C3=C(O)c4c(O)cc(CN5CCCCC5)c(F)c4C[C@H]3C[C@@H]12. The average molecular weight is 530 g/mol. The summed E-state index contributed by atoms with van der Waals surface area (Å²) in [5.41, 5.74) is 1.54. The second-order valence-corrected chi connectivity index (χ2v) is 11.0. The molecule has 0 bridgehead atoms. The van der Waals surface area contributed by atoms with Crippen LogP contribution in [0.25, 0.3) is 5.76 Å². The lowest BCUT2D eigenvalue weighted by Gasteiger charge is -2.50. The number of amides is 1. The maximum absolute atomic E-state index is 15.8. The van der Waals surface area contributed by atoms with Crippen molar-refractivity contribution >= 4 is 23.2 Å². The number of ketones is 2. The Hall–Kier alpha value is -3.28. The molecular formula is C27H32FN3O7. The Kier molecular flexibility index (Phi) is 6.36. The molecule has 4 atom stereocenters. The fourth-order valence-corrected chi connectivity index (χ4v) is 6.82. The van der Waals surface area contributed by atoms with Crippen LogP contribution in [-0.2, 0) is 27.3 Å². The number of aliphatic hydroxyl groups is 3. The van der Waals surface area contributed by atoms with Crippen LogP contribution in [-0.4, -0.2) is 86.5 Å². The number of nitrogens with zero attached hydrogens (tertiary/aromatic N) is 2. The van der Waals surface area contributed by atoms with E-state index < -0.39 is 69.6 Å². The van der Waals surface area contributed by atoms with Crippen LogP contribution in [0.2, 0.25) is 0 Å². The van der Waals surface area contributed by atoms with E-state index in [1.807, 2.05) is 0 Å². The van der Waals surface area contributed by atoms with Gasteiger partial charge in [0.1, 0.15) is 28.7 Å². The van der Waals surface area contributed by atoms with Gasteiger partial charge < -0.3 is 26.2 Å². The van der Waals surface area contributed by atoms with Crippen LogP contribution in [0.3, 0.4) is 0 Å². The van der Waals surface area contributed by atoms with Crippen LogP contribution in [0, 0.1) is 17.7 Å². The van der Waals surface area contributed by atoms with Gasteiger partial charge in [0.2, 0.25) is 5.78 Å². The molecule has 0 aromatic heterocycles. The highest BCUT2D eigenvalue weighted by Crippen LogP contribution is 2.53. The summed E-state index contributed by atoms with van der Waals surface area (Å²) in [5.74, 6) is -8.08. The van der Waals surface area contributed by atoms with Crippen LogP contribution < -0.4 is 5.73 Å². The number of aliphatic hydroxyl groups excluding tert-OH is 2. The van der Waals surface area contributed by atoms with Crippen molar-refractivity contribution in [3.8, 4) is 5.75 Å². The smallest absolute Gasteiger partial charge is 0.255 e. The number of halogens is 1. The molecule has 1 aromatic carbocycles. The largest absolute Gasteiger partial charge is 0.508 e. The maximum atomic E-state index is 15.8. The van der Waals surface area contributed by atoms with Crippen molar-refractivity contribution in [2.24, 2.45) is 17.6 Å². The molecule has 3 aliphatic carbocycles. The monoisotopic (exact) mass is 529 g/mol. The Morgan fingerprint density at radius 1 is 1.18 bits per heavy atom. The van der Waals surface area contributed by atoms with E-state index in [9.17, 15) is 34.8 Å². The quantitative estimate of drug-likeness (QED) is 0.359. The van der Waals surface area contributed by atoms with Crippen molar-refractivity contribution in [1.29, 1.82) is 0 Å². The van der Waals surface area contributed by atoms with Gasteiger partial charge >= 0.3 is 0 Å². The van der Waals surface area contributed by atoms with Crippen molar-refractivity contribution in [3.05, 3.63) is 45.5 Å². The number of primary amides is 1. The van der Waals surface area contributed by atoms with Gasteiger partial charge in [0.05, 0.1) is 11.6 Å². The summed E-state index contributed by atoms with van der Waals surface area (Å²) in [6, 6.07) is 0.0605. The molecule has 0 unspecified atom stereocenters. The summed E-state index contributed by atoms with van der Waals surface area (Å²) in [7, 11) is 3.05. The van der Waals surface area contributed by atoms with Crippen LogP contribution in [0.5, 0.6) is 5.75 Å². The van der Waals surface area contributed by atoms with E-state index in [1.165, 1.54) is 25.1 Å². The number of carbonyl (C=O) groups is 3. The standard InChI is InChI=1S/C27H32FN3O7/c1-30(2)21-15-9-12-8-14-18(16(32)10-13(20(14)28)11-31-6-4-3-5-7-31)22(33)17(12)24(35)27(15,38)25(36)19(23(21)34)26(29)37/h10,12,15,21,32-33,36,38H,3-9,11H2,1-2H3,(H2,29,37)/t12-,15-,21-,27-/m0/s1. The number of likely N-dealkylation sites (tertiary alicyclic amines) is 1. The first kappa shape index (κ1) is 26.3. The molecule has 1 saturated carbocycles. The lowest BCUT2D eigenvalue weighted by Crippen LogP contribution is -2.65. The molecule has 1 aliphatic heterocycles. The molecule has 2 fully saturated rings. The molecule has 11 heteroatoms. The number of rotatable bonds is 4. The number of benzene rings is 1. The first-order chi connectivity index (χ1) is 17.9. The molecule has 6 N–H and O–H groups in total. The van der Waals surface area contributed by atoms with E-state index in [0.717, 1.165) is 32.4 Å². The summed E-state index contributed by atoms with van der Waals surface area (Å²) in [4.78, 5) is 42.5. The maximum Gasteiger partial charge on any atom is 0.255 e. The third kappa shape index (κ3) is 3.67. The third-order valence-electron chi connectivity index (χ3n) is 8.57. The normalized spacial score (nSPS) is 29.9. The van der Waals surface area contributed by atoms with E-state index in [4.69, 9.17) is 5.73 Å². The fourth-order valence-electron chi connectivity index (χ4n) is 6.82. The molecule has 0 spiro atoms. The van der Waals surface area contributed by atoms with Crippen molar-refractivity contribution in [2.75, 3.05) is 27.2 Å². The Labute approximate surface area is 218 Å². The zero-order valence-corrected chi connectivity index (χ0v) is 21.3. The average Bonchev–Trinajstić information content (AvgIpc) is 2.84. The molecule has 4 aliphatic rings. The highest BCUT2D eigenvalue weighted by atomic mass is 19.1. The Morgan fingerprint density at radius 2 is 1.84 bits per heavy atom. The van der Waals surface area contributed by atoms with Crippen LogP contribution in [0.4, 0.5) is 4.39 Å². The van der Waals surface area contributed by atoms with Gasteiger partial charge in [0.15, 0.2) is 11.4 Å². The number of fused-ring (bicyclic) bond motifs is 3. The van der Waals surface area contributed by atoms with Crippen LogP contribution >= 0.6 is 0 Å². The fraction of sp³-hybridized carbons (Fsp3) is 0.519. The molecule has 204 valence electrons. The summed E-state index contributed by atoms with van der Waals surface area (Å²) < 4.78 is 15.8. The molecular weight excluding hydrogens is 497 g/mol. The molecule has 0 radical (unpaired) electrons. The zero-order chi connectivity index (χ0) is 27.7. The van der Waals surface area contributed by atoms with Gasteiger partial charge in [-0.15, -0.1) is 0 Å². The highest BCUT2D eigenvalue weighted by molar-refractivity contribution is 6.24. The number of nitrogens with two attached hydrogens (primary N) is 1. The Bertz CT molecular complexity index is 1310. The second kappa shape index (κ2) is 9.18. The van der Waals surface area contributed by atoms with E-state index in [1.54, 1.807) is 0 Å². The van der Waals surface area contributed by atoms with Gasteiger partial charge in [-0.25, -0.2) is 4.39 Å². The number of likely N-dealkylation sites (N-methyl/N-ethyl adjacent to an activating group) is 1. The van der Waals surface area contributed by atoms with Gasteiger partial charge in [-0.05, 0) is 64.9 Å². The minimum atomic E-state index is -2.72. The van der Waals surface area contributed by atoms with Gasteiger partial charge in [-0.3, -0.25) is 24.2 Å². The Balaban J connectivity index is 1.64. The number of hydrogen-bond donors (Lipinski definition) is 5. The van der Waals surface area contributed by atoms with Crippen molar-refractivity contribution in [3.63, 3.8) is 0 Å². The number of Topliss-reactive ketones (excluding diaryl/α,β-unsaturated/α-hetero) is 2. The molecule has 38 heavy (non-hydrogen) atoms. The number of piperidine rings is 1. The summed E-state index contributed by atoms with van der Waals surface area (Å²) in [5, 5.41) is 44.5. The lowest BCUT2D eigenvalue weighted by molar-refractivity contribution is -0.153. The molecule has 10 nitrogen and oxygen atoms in total. The number of carbonyl (C=O) groups excluding carboxylic acids is 3. The van der Waals surface area contributed by atoms with Gasteiger partial charge in [-0.2, -0.15) is 0 Å². The second-order valence-electron chi connectivity index (χ2n) is 11.0. The molecule has 1 heterocycles. The highest BCUT2D eigenvalue weighted by Gasteiger charge is 2.64. The summed E-state index contributed by atoms with van der Waals surface area (Å²) in [6.45, 7) is 1.92. The molecule has 1 saturated heterocycles. The topological polar surface area (TPSA) is 165 Å². The van der Waals surface area contributed by atoms with E-state index >= 15 is 4.39 Å². The van der Waals surface area contributed by atoms with Gasteiger partial charge in [0, 0.05) is 29.2 Å². The Morgan fingerprint density at radius 3 is 2.45 bits per heavy atom. The van der Waals surface area contributed by atoms with Crippen molar-refractivity contribution in [2.45, 2.75) is 50.3 Å². The van der Waals surface area contributed by atoms with Crippen LogP contribution in [0.1, 0.15) is 42.4 Å². The van der Waals surface area contributed by atoms with E-state index in [0.29, 0.717) is 6.54 Å². The first-order valence-corrected chi connectivity index (χ1v) is 12.8. The van der Waals surface area contributed by atoms with E-state index in [-0.39, 0.29) is 35.1 Å². The zero-order valence-electron chi connectivity index (χ0n) is 21.3. The molecule has 5 rings (SSSR count). The minimum absolute atomic E-state index is 0.0580. The van der Waals surface area contributed by atoms with Gasteiger partial charge in [0.25, 0.3) is 5.91 Å². The first-order valence-electron chi connectivity index (χ1n) is 12.8. The summed E-state index contributed by atoms with van der Waals surface area (Å²) in [6.07, 6.45) is 2.97. The third-order valence-corrected chi connectivity index (χ3v) is 8.57. The lowest BCUT2D eigenvalue weighted by atomic mass is 9.57. The van der Waals surface area contributed by atoms with E-state index in [2.05, 4.69) is 4.90 Å². The number of phenols is 1. The van der Waals surface area contributed by atoms with Crippen molar-refractivity contribution < 1.29 is 39.2 Å². The predicted octanol–water partition coefficient (Wildman–Crippen LogP) is 1.09. The number of hydrogen-bond acceptors (Lipinski definition) is 9. The number of aromatic hydroxyl groups is 1. The minimum Gasteiger partial charge on any atom is -0.508 e. The molecule has 1 amide bonds. The summed E-state index contributed by atoms with van der Waals surface area (Å²) >= 11 is 0. The predicted molar refractivity (Wildman–Crippen MR) is 133 cm³/mol. The van der Waals surface area contributed by atoms with Crippen LogP contribution in [0.15, 0.2) is 23.0 Å². The number of phenolic OH excluding ortho intramolecular Hbond substituents is 1. The van der Waals surface area contributed by atoms with Crippen molar-refractivity contribution in [1.82, 2.24) is 9.80 Å². The van der Waals surface area contributed by atoms with Gasteiger partial charge in [-0.1, -0.05) is 6.42 Å².